The summed E-state index contributed by atoms with van der Waals surface area (Å²) in [4.78, 5) is 14.9. The minimum Gasteiger partial charge on any atom is -0.493 e. The first-order valence-corrected chi connectivity index (χ1v) is 8.38. The molecule has 140 valence electrons. The van der Waals surface area contributed by atoms with Crippen molar-refractivity contribution >= 4 is 30.7 Å². The quantitative estimate of drug-likeness (QED) is 0.699. The van der Waals surface area contributed by atoms with E-state index in [0.717, 1.165) is 30.7 Å². The molecule has 2 saturated heterocycles. The summed E-state index contributed by atoms with van der Waals surface area (Å²) in [5.74, 6) is 0.898. The summed E-state index contributed by atoms with van der Waals surface area (Å²) in [7, 11) is 0. The zero-order valence-electron chi connectivity index (χ0n) is 13.9. The Bertz CT molecular complexity index is 604. The maximum Gasteiger partial charge on any atom is 0.238 e. The van der Waals surface area contributed by atoms with Crippen molar-refractivity contribution in [1.82, 2.24) is 15.5 Å². The van der Waals surface area contributed by atoms with Crippen molar-refractivity contribution < 1.29 is 14.6 Å². The van der Waals surface area contributed by atoms with Crippen LogP contribution in [0.5, 0.6) is 5.75 Å². The van der Waals surface area contributed by atoms with Crippen LogP contribution in [0.1, 0.15) is 24.4 Å². The van der Waals surface area contributed by atoms with Gasteiger partial charge >= 0.3 is 0 Å². The fourth-order valence-corrected chi connectivity index (χ4v) is 3.91. The van der Waals surface area contributed by atoms with Crippen molar-refractivity contribution in [3.05, 3.63) is 29.8 Å². The monoisotopic (exact) mass is 389 g/mol. The number of benzene rings is 1. The fraction of sp³-hybridized carbons (Fsp3) is 0.588. The number of amides is 1. The Hall–Kier alpha value is -1.05. The van der Waals surface area contributed by atoms with E-state index in [0.29, 0.717) is 25.7 Å². The molecule has 0 saturated carbocycles. The molecule has 3 aliphatic heterocycles. The van der Waals surface area contributed by atoms with E-state index in [1.165, 1.54) is 0 Å². The number of ether oxygens (including phenoxy) is 1. The van der Waals surface area contributed by atoms with Gasteiger partial charge in [-0.05, 0) is 12.5 Å². The number of hydrogen-bond donors (Lipinski definition) is 3. The molecule has 0 aromatic heterocycles. The highest BCUT2D eigenvalue weighted by Gasteiger charge is 2.38. The molecule has 0 aliphatic carbocycles. The highest BCUT2D eigenvalue weighted by atomic mass is 35.5. The van der Waals surface area contributed by atoms with Gasteiger partial charge in [0.25, 0.3) is 0 Å². The largest absolute Gasteiger partial charge is 0.493 e. The van der Waals surface area contributed by atoms with Crippen molar-refractivity contribution in [3.63, 3.8) is 0 Å². The molecular weight excluding hydrogens is 365 g/mol. The lowest BCUT2D eigenvalue weighted by Crippen LogP contribution is -2.59. The van der Waals surface area contributed by atoms with Gasteiger partial charge in [-0.25, -0.2) is 0 Å². The summed E-state index contributed by atoms with van der Waals surface area (Å²) in [5.41, 5.74) is 1.05. The molecule has 0 unspecified atom stereocenters. The summed E-state index contributed by atoms with van der Waals surface area (Å²) < 4.78 is 5.65. The number of hydrogen-bond acceptors (Lipinski definition) is 5. The number of piperazine rings is 1. The third kappa shape index (κ3) is 4.20. The number of aliphatic hydroxyl groups excluding tert-OH is 1. The van der Waals surface area contributed by atoms with Crippen LogP contribution in [0.25, 0.3) is 0 Å². The number of para-hydroxylation sites is 1. The normalized spacial score (nSPS) is 30.8. The first-order chi connectivity index (χ1) is 11.2. The van der Waals surface area contributed by atoms with Crippen LogP contribution < -0.4 is 15.4 Å². The third-order valence-corrected chi connectivity index (χ3v) is 5.11. The predicted molar refractivity (Wildman–Crippen MR) is 99.7 cm³/mol. The van der Waals surface area contributed by atoms with E-state index >= 15 is 0 Å². The minimum atomic E-state index is -0.258. The van der Waals surface area contributed by atoms with Crippen LogP contribution in [0.2, 0.25) is 0 Å². The lowest BCUT2D eigenvalue weighted by Gasteiger charge is -2.36. The van der Waals surface area contributed by atoms with E-state index in [1.807, 2.05) is 24.3 Å². The summed E-state index contributed by atoms with van der Waals surface area (Å²) in [6.07, 6.45) is 1.33. The van der Waals surface area contributed by atoms with Gasteiger partial charge in [0.2, 0.25) is 5.91 Å². The average molecular weight is 390 g/mol. The van der Waals surface area contributed by atoms with Crippen LogP contribution in [0.3, 0.4) is 0 Å². The van der Waals surface area contributed by atoms with Gasteiger partial charge in [-0.3, -0.25) is 9.69 Å². The lowest BCUT2D eigenvalue weighted by molar-refractivity contribution is -0.125. The number of nitrogens with one attached hydrogen (secondary N) is 2. The molecular formula is C17H25Cl2N3O3. The molecule has 8 heteroatoms. The zero-order chi connectivity index (χ0) is 15.8. The first kappa shape index (κ1) is 20.3. The molecule has 1 aromatic carbocycles. The van der Waals surface area contributed by atoms with Gasteiger partial charge in [-0.15, -0.1) is 24.8 Å². The second-order valence-electron chi connectivity index (χ2n) is 6.69. The van der Waals surface area contributed by atoms with Crippen molar-refractivity contribution in [1.29, 1.82) is 0 Å². The van der Waals surface area contributed by atoms with E-state index in [9.17, 15) is 9.90 Å². The van der Waals surface area contributed by atoms with E-state index < -0.39 is 0 Å². The van der Waals surface area contributed by atoms with Crippen molar-refractivity contribution in [2.45, 2.75) is 37.1 Å². The second-order valence-corrected chi connectivity index (χ2v) is 6.69. The van der Waals surface area contributed by atoms with Gasteiger partial charge in [-0.1, -0.05) is 18.2 Å². The van der Waals surface area contributed by atoms with E-state index in [1.54, 1.807) is 0 Å². The number of aliphatic hydroxyl groups is 1. The van der Waals surface area contributed by atoms with Crippen molar-refractivity contribution in [3.8, 4) is 5.75 Å². The highest BCUT2D eigenvalue weighted by Crippen LogP contribution is 2.31. The van der Waals surface area contributed by atoms with Crippen LogP contribution >= 0.6 is 24.8 Å². The molecule has 4 rings (SSSR count). The van der Waals surface area contributed by atoms with Gasteiger partial charge < -0.3 is 20.5 Å². The maximum atomic E-state index is 12.6. The Morgan fingerprint density at radius 1 is 1.28 bits per heavy atom. The number of carbonyl (C=O) groups excluding carboxylic acids is 1. The number of fused-ring (bicyclic) bond motifs is 2. The van der Waals surface area contributed by atoms with E-state index in [4.69, 9.17) is 4.74 Å². The second kappa shape index (κ2) is 8.56. The molecule has 25 heavy (non-hydrogen) atoms. The van der Waals surface area contributed by atoms with Crippen molar-refractivity contribution in [2.75, 3.05) is 26.2 Å². The average Bonchev–Trinajstić information content (AvgIpc) is 2.94. The smallest absolute Gasteiger partial charge is 0.238 e. The molecule has 3 aliphatic rings. The van der Waals surface area contributed by atoms with Gasteiger partial charge in [-0.2, -0.15) is 0 Å². The molecule has 3 N–H and O–H groups in total. The van der Waals surface area contributed by atoms with E-state index in [-0.39, 0.29) is 48.9 Å². The van der Waals surface area contributed by atoms with E-state index in [2.05, 4.69) is 15.5 Å². The summed E-state index contributed by atoms with van der Waals surface area (Å²) in [6.45, 7) is 2.73. The van der Waals surface area contributed by atoms with Crippen LogP contribution in [0.4, 0.5) is 0 Å². The lowest BCUT2D eigenvalue weighted by atomic mass is 10.00. The molecule has 4 atom stereocenters. The van der Waals surface area contributed by atoms with Crippen LogP contribution in [-0.4, -0.2) is 60.3 Å². The van der Waals surface area contributed by atoms with Crippen molar-refractivity contribution in [2.24, 2.45) is 0 Å². The van der Waals surface area contributed by atoms with Gasteiger partial charge in [0.05, 0.1) is 24.8 Å². The molecule has 1 amide bonds. The Balaban J connectivity index is 0.00000113. The number of nitrogens with zero attached hydrogens (tertiary/aromatic N) is 1. The Labute approximate surface area is 160 Å². The molecule has 0 bridgehead atoms. The van der Waals surface area contributed by atoms with Gasteiger partial charge in [0.15, 0.2) is 0 Å². The van der Waals surface area contributed by atoms with Gasteiger partial charge in [0, 0.05) is 37.7 Å². The number of rotatable bonds is 2. The fourth-order valence-electron chi connectivity index (χ4n) is 3.91. The Morgan fingerprint density at radius 3 is 2.92 bits per heavy atom. The number of carbonyl (C=O) groups is 1. The summed E-state index contributed by atoms with van der Waals surface area (Å²) in [6, 6.07) is 8.04. The third-order valence-electron chi connectivity index (χ3n) is 5.11. The van der Waals surface area contributed by atoms with Crippen LogP contribution in [0.15, 0.2) is 24.3 Å². The van der Waals surface area contributed by atoms with Crippen LogP contribution in [0, 0.1) is 0 Å². The Morgan fingerprint density at radius 2 is 2.08 bits per heavy atom. The molecule has 0 radical (unpaired) electrons. The predicted octanol–water partition coefficient (Wildman–Crippen LogP) is 0.877. The molecule has 0 spiro atoms. The van der Waals surface area contributed by atoms with Gasteiger partial charge in [0.1, 0.15) is 5.75 Å². The number of halogens is 2. The minimum absolute atomic E-state index is 0. The van der Waals surface area contributed by atoms with Crippen LogP contribution in [-0.2, 0) is 4.79 Å². The standard InChI is InChI=1S/C17H23N3O3.2ClH/c21-12-7-11-8-18-15(10-20(11)9-12)17(22)19-14-5-6-23-16-4-2-1-3-13(14)16;;/h1-4,11-12,14-15,18,21H,5-10H2,(H,19,22);2*1H/t11-,12-,14-,15+;;/m1../s1. The Kier molecular flexibility index (Phi) is 6.93. The zero-order valence-corrected chi connectivity index (χ0v) is 15.5. The maximum absolute atomic E-state index is 12.6. The molecule has 1 aromatic rings. The summed E-state index contributed by atoms with van der Waals surface area (Å²) in [5, 5.41) is 16.3. The molecule has 2 fully saturated rings. The summed E-state index contributed by atoms with van der Waals surface area (Å²) >= 11 is 0. The topological polar surface area (TPSA) is 73.8 Å². The highest BCUT2D eigenvalue weighted by molar-refractivity contribution is 5.85. The first-order valence-electron chi connectivity index (χ1n) is 8.38. The molecule has 3 heterocycles. The SMILES string of the molecule is Cl.Cl.O=C(N[C@@H]1CCOc2ccccc21)[C@@H]1CN2C[C@H](O)C[C@@H]2CN1. The molecule has 6 nitrogen and oxygen atoms in total.